The summed E-state index contributed by atoms with van der Waals surface area (Å²) in [5.74, 6) is -1.36. The molecule has 0 aliphatic carbocycles. The summed E-state index contributed by atoms with van der Waals surface area (Å²) in [6, 6.07) is 18.8. The average Bonchev–Trinajstić information content (AvgIpc) is 2.87. The highest BCUT2D eigenvalue weighted by Gasteiger charge is 2.33. The largest absolute Gasteiger partial charge is 0.352 e. The van der Waals surface area contributed by atoms with Crippen molar-refractivity contribution in [3.05, 3.63) is 99.8 Å². The van der Waals surface area contributed by atoms with Gasteiger partial charge in [0.25, 0.3) is 0 Å². The summed E-state index contributed by atoms with van der Waals surface area (Å²) in [4.78, 5) is 28.8. The van der Waals surface area contributed by atoms with Crippen molar-refractivity contribution in [2.75, 3.05) is 17.1 Å². The number of rotatable bonds is 11. The lowest BCUT2D eigenvalue weighted by atomic mass is 10.0. The van der Waals surface area contributed by atoms with E-state index in [0.717, 1.165) is 26.2 Å². The Morgan fingerprint density at radius 1 is 0.974 bits per heavy atom. The van der Waals surface area contributed by atoms with Crippen molar-refractivity contribution in [3.63, 3.8) is 0 Å². The van der Waals surface area contributed by atoms with E-state index in [1.165, 1.54) is 17.0 Å². The number of aryl methyl sites for hydroxylation is 1. The summed E-state index contributed by atoms with van der Waals surface area (Å²) < 4.78 is 41.2. The van der Waals surface area contributed by atoms with Crippen molar-refractivity contribution < 1.29 is 22.4 Å². The highest BCUT2D eigenvalue weighted by atomic mass is 79.9. The summed E-state index contributed by atoms with van der Waals surface area (Å²) in [6.07, 6.45) is 1.25. The van der Waals surface area contributed by atoms with Crippen molar-refractivity contribution in [1.29, 1.82) is 0 Å². The van der Waals surface area contributed by atoms with E-state index >= 15 is 0 Å². The molecule has 0 saturated heterocycles. The van der Waals surface area contributed by atoms with Crippen LogP contribution in [0.1, 0.15) is 30.5 Å². The number of hydrogen-bond donors (Lipinski definition) is 1. The summed E-state index contributed by atoms with van der Waals surface area (Å²) in [6.45, 7) is 4.94. The van der Waals surface area contributed by atoms with Crippen LogP contribution in [0.3, 0.4) is 0 Å². The van der Waals surface area contributed by atoms with Crippen molar-refractivity contribution in [2.24, 2.45) is 0 Å². The molecule has 7 nitrogen and oxygen atoms in total. The molecule has 3 rings (SSSR count). The highest BCUT2D eigenvalue weighted by molar-refractivity contribution is 9.10. The number of carbonyl (C=O) groups excluding carboxylic acids is 2. The molecule has 2 amide bonds. The minimum Gasteiger partial charge on any atom is -0.352 e. The standard InChI is InChI=1S/C29H33BrFN3O4S/c1-20(2)32-29(36)27(17-22-8-6-5-7-9-22)33(18-23-10-12-24(31)13-11-23)28(35)19-34(39(4,37)38)25-14-15-26(30)21(3)16-25/h5-16,20,27H,17-19H2,1-4H3,(H,32,36)/t27-/m1/s1. The van der Waals surface area contributed by atoms with Gasteiger partial charge in [0.15, 0.2) is 0 Å². The van der Waals surface area contributed by atoms with E-state index < -0.39 is 34.3 Å². The summed E-state index contributed by atoms with van der Waals surface area (Å²) in [5.41, 5.74) is 2.57. The molecule has 0 bridgehead atoms. The third-order valence-electron chi connectivity index (χ3n) is 6.08. The predicted octanol–water partition coefficient (Wildman–Crippen LogP) is 4.83. The second kappa shape index (κ2) is 13.2. The molecule has 3 aromatic rings. The van der Waals surface area contributed by atoms with E-state index in [4.69, 9.17) is 0 Å². The Morgan fingerprint density at radius 3 is 2.18 bits per heavy atom. The number of nitrogens with zero attached hydrogens (tertiary/aromatic N) is 2. The molecule has 0 fully saturated rings. The van der Waals surface area contributed by atoms with Gasteiger partial charge in [-0.2, -0.15) is 0 Å². The molecule has 0 radical (unpaired) electrons. The number of hydrogen-bond acceptors (Lipinski definition) is 4. The van der Waals surface area contributed by atoms with Crippen LogP contribution in [0.5, 0.6) is 0 Å². The number of sulfonamides is 1. The molecule has 0 heterocycles. The minimum atomic E-state index is -3.86. The molecular weight excluding hydrogens is 585 g/mol. The maximum atomic E-state index is 14.0. The monoisotopic (exact) mass is 617 g/mol. The molecule has 0 aliphatic heterocycles. The van der Waals surface area contributed by atoms with Crippen LogP contribution in [0.2, 0.25) is 0 Å². The number of benzene rings is 3. The SMILES string of the molecule is Cc1cc(N(CC(=O)N(Cc2ccc(F)cc2)[C@H](Cc2ccccc2)C(=O)NC(C)C)S(C)(=O)=O)ccc1Br. The van der Waals surface area contributed by atoms with Gasteiger partial charge >= 0.3 is 0 Å². The molecule has 0 aromatic heterocycles. The first-order valence-electron chi connectivity index (χ1n) is 12.5. The normalized spacial score (nSPS) is 12.2. The highest BCUT2D eigenvalue weighted by Crippen LogP contribution is 2.25. The van der Waals surface area contributed by atoms with Crippen molar-refractivity contribution in [1.82, 2.24) is 10.2 Å². The third-order valence-corrected chi connectivity index (χ3v) is 8.11. The molecule has 208 valence electrons. The molecule has 3 aromatic carbocycles. The fraction of sp³-hybridized carbons (Fsp3) is 0.310. The van der Waals surface area contributed by atoms with Crippen molar-refractivity contribution in [3.8, 4) is 0 Å². The minimum absolute atomic E-state index is 0.0148. The zero-order chi connectivity index (χ0) is 28.7. The van der Waals surface area contributed by atoms with Crippen molar-refractivity contribution in [2.45, 2.75) is 45.8 Å². The number of amides is 2. The lowest BCUT2D eigenvalue weighted by Crippen LogP contribution is -2.54. The molecule has 39 heavy (non-hydrogen) atoms. The fourth-order valence-corrected chi connectivity index (χ4v) is 5.21. The Balaban J connectivity index is 2.06. The zero-order valence-corrected chi connectivity index (χ0v) is 24.8. The lowest BCUT2D eigenvalue weighted by molar-refractivity contribution is -0.140. The summed E-state index contributed by atoms with van der Waals surface area (Å²) in [7, 11) is -3.86. The van der Waals surface area contributed by atoms with Crippen LogP contribution < -0.4 is 9.62 Å². The third kappa shape index (κ3) is 8.63. The van der Waals surface area contributed by atoms with Crippen LogP contribution in [0.25, 0.3) is 0 Å². The number of carbonyl (C=O) groups is 2. The Labute approximate surface area is 238 Å². The topological polar surface area (TPSA) is 86.8 Å². The van der Waals surface area contributed by atoms with Gasteiger partial charge in [-0.05, 0) is 67.8 Å². The molecule has 10 heteroatoms. The Morgan fingerprint density at radius 2 is 1.62 bits per heavy atom. The van der Waals surface area contributed by atoms with Gasteiger partial charge < -0.3 is 10.2 Å². The van der Waals surface area contributed by atoms with E-state index in [0.29, 0.717) is 11.3 Å². The van der Waals surface area contributed by atoms with Crippen LogP contribution in [-0.4, -0.2) is 50.0 Å². The van der Waals surface area contributed by atoms with Crippen molar-refractivity contribution >= 4 is 43.5 Å². The van der Waals surface area contributed by atoms with Gasteiger partial charge in [0, 0.05) is 23.5 Å². The van der Waals surface area contributed by atoms with Crippen LogP contribution in [0.15, 0.2) is 77.3 Å². The fourth-order valence-electron chi connectivity index (χ4n) is 4.12. The number of anilines is 1. The van der Waals surface area contributed by atoms with E-state index in [-0.39, 0.29) is 24.9 Å². The average molecular weight is 619 g/mol. The summed E-state index contributed by atoms with van der Waals surface area (Å²) in [5, 5.41) is 2.89. The van der Waals surface area contributed by atoms with E-state index in [9.17, 15) is 22.4 Å². The van der Waals surface area contributed by atoms with Crippen LogP contribution in [0, 0.1) is 12.7 Å². The quantitative estimate of drug-likeness (QED) is 0.334. The van der Waals surface area contributed by atoms with Gasteiger partial charge in [-0.3, -0.25) is 13.9 Å². The van der Waals surface area contributed by atoms with Gasteiger partial charge in [0.05, 0.1) is 11.9 Å². The summed E-state index contributed by atoms with van der Waals surface area (Å²) >= 11 is 3.42. The molecule has 0 aliphatic rings. The van der Waals surface area contributed by atoms with Gasteiger partial charge in [0.2, 0.25) is 21.8 Å². The lowest BCUT2D eigenvalue weighted by Gasteiger charge is -2.34. The molecule has 0 saturated carbocycles. The Kier molecular flexibility index (Phi) is 10.3. The van der Waals surface area contributed by atoms with E-state index in [1.54, 1.807) is 30.3 Å². The maximum absolute atomic E-state index is 14.0. The van der Waals surface area contributed by atoms with Crippen LogP contribution in [-0.2, 0) is 32.6 Å². The molecule has 1 atom stereocenters. The Bertz CT molecular complexity index is 1400. The van der Waals surface area contributed by atoms with Gasteiger partial charge in [-0.25, -0.2) is 12.8 Å². The molecular formula is C29H33BrFN3O4S. The zero-order valence-electron chi connectivity index (χ0n) is 22.4. The number of nitrogens with one attached hydrogen (secondary N) is 1. The smallest absolute Gasteiger partial charge is 0.244 e. The number of halogens is 2. The van der Waals surface area contributed by atoms with Gasteiger partial charge in [-0.1, -0.05) is 58.4 Å². The maximum Gasteiger partial charge on any atom is 0.244 e. The van der Waals surface area contributed by atoms with Crippen LogP contribution >= 0.6 is 15.9 Å². The van der Waals surface area contributed by atoms with Crippen LogP contribution in [0.4, 0.5) is 10.1 Å². The molecule has 0 spiro atoms. The molecule has 0 unspecified atom stereocenters. The Hall–Kier alpha value is -3.24. The van der Waals surface area contributed by atoms with E-state index in [2.05, 4.69) is 21.2 Å². The van der Waals surface area contributed by atoms with Gasteiger partial charge in [-0.15, -0.1) is 0 Å². The predicted molar refractivity (Wildman–Crippen MR) is 155 cm³/mol. The second-order valence-corrected chi connectivity index (χ2v) is 12.5. The molecule has 1 N–H and O–H groups in total. The van der Waals surface area contributed by atoms with E-state index in [1.807, 2.05) is 51.1 Å². The first-order valence-corrected chi connectivity index (χ1v) is 15.1. The first-order chi connectivity index (χ1) is 18.3. The van der Waals surface area contributed by atoms with Gasteiger partial charge in [0.1, 0.15) is 18.4 Å². The second-order valence-electron chi connectivity index (χ2n) is 9.72. The first kappa shape index (κ1) is 30.3.